The van der Waals surface area contributed by atoms with Gasteiger partial charge in [-0.3, -0.25) is 0 Å². The van der Waals surface area contributed by atoms with Crippen LogP contribution in [0.25, 0.3) is 11.2 Å². The van der Waals surface area contributed by atoms with E-state index in [1.165, 1.54) is 32.1 Å². The van der Waals surface area contributed by atoms with Crippen LogP contribution < -0.4 is 0 Å². The molecule has 5 heteroatoms. The van der Waals surface area contributed by atoms with Crippen LogP contribution >= 0.6 is 27.5 Å². The van der Waals surface area contributed by atoms with Gasteiger partial charge in [0.25, 0.3) is 0 Å². The zero-order valence-electron chi connectivity index (χ0n) is 10.8. The molecule has 0 N–H and O–H groups in total. The summed E-state index contributed by atoms with van der Waals surface area (Å²) in [6.45, 7) is 0. The van der Waals surface area contributed by atoms with Gasteiger partial charge in [-0.15, -0.1) is 11.6 Å². The van der Waals surface area contributed by atoms with Gasteiger partial charge in [0, 0.05) is 29.0 Å². The predicted octanol–water partition coefficient (Wildman–Crippen LogP) is 4.48. The van der Waals surface area contributed by atoms with E-state index in [4.69, 9.17) is 16.6 Å². The summed E-state index contributed by atoms with van der Waals surface area (Å²) >= 11 is 9.39. The molecule has 3 rings (SSSR count). The summed E-state index contributed by atoms with van der Waals surface area (Å²) in [4.78, 5) is 9.29. The van der Waals surface area contributed by atoms with Crippen molar-refractivity contribution in [1.82, 2.24) is 14.5 Å². The van der Waals surface area contributed by atoms with E-state index >= 15 is 0 Å². The van der Waals surface area contributed by atoms with E-state index in [0.29, 0.717) is 11.9 Å². The number of hydrogen-bond donors (Lipinski definition) is 0. The molecule has 1 aliphatic rings. The maximum Gasteiger partial charge on any atom is 0.160 e. The molecular weight excluding hydrogens is 326 g/mol. The second-order valence-electron chi connectivity index (χ2n) is 5.13. The number of fused-ring (bicyclic) bond motifs is 1. The number of rotatable bonds is 3. The van der Waals surface area contributed by atoms with Crippen molar-refractivity contribution < 1.29 is 0 Å². The molecule has 2 heterocycles. The number of hydrogen-bond acceptors (Lipinski definition) is 2. The second-order valence-corrected chi connectivity index (χ2v) is 6.42. The lowest BCUT2D eigenvalue weighted by Gasteiger charge is -2.25. The highest BCUT2D eigenvalue weighted by Crippen LogP contribution is 2.32. The summed E-state index contributed by atoms with van der Waals surface area (Å²) < 4.78 is 3.31. The normalized spacial score (nSPS) is 17.2. The molecule has 0 atom stereocenters. The van der Waals surface area contributed by atoms with Gasteiger partial charge in [-0.05, 0) is 34.8 Å². The third-order valence-electron chi connectivity index (χ3n) is 3.83. The Hall–Kier alpha value is -0.610. The summed E-state index contributed by atoms with van der Waals surface area (Å²) in [6, 6.07) is 2.59. The highest BCUT2D eigenvalue weighted by Gasteiger charge is 2.21. The molecular formula is C14H17BrClN3. The Morgan fingerprint density at radius 2 is 2.11 bits per heavy atom. The number of pyridine rings is 1. The van der Waals surface area contributed by atoms with Crippen molar-refractivity contribution in [2.45, 2.75) is 44.6 Å². The van der Waals surface area contributed by atoms with Crippen LogP contribution in [-0.2, 0) is 6.42 Å². The fourth-order valence-electron chi connectivity index (χ4n) is 2.99. The van der Waals surface area contributed by atoms with Gasteiger partial charge in [-0.1, -0.05) is 19.3 Å². The smallest absolute Gasteiger partial charge is 0.160 e. The number of alkyl halides is 1. The van der Waals surface area contributed by atoms with Crippen LogP contribution in [0.5, 0.6) is 0 Å². The molecule has 0 aromatic carbocycles. The molecule has 0 spiro atoms. The highest BCUT2D eigenvalue weighted by atomic mass is 79.9. The fourth-order valence-corrected chi connectivity index (χ4v) is 3.48. The molecule has 0 amide bonds. The molecule has 2 aromatic heterocycles. The van der Waals surface area contributed by atoms with Crippen molar-refractivity contribution in [1.29, 1.82) is 0 Å². The Labute approximate surface area is 126 Å². The van der Waals surface area contributed by atoms with Crippen molar-refractivity contribution >= 4 is 38.7 Å². The molecule has 0 radical (unpaired) electrons. The zero-order chi connectivity index (χ0) is 13.2. The van der Waals surface area contributed by atoms with Crippen LogP contribution in [0.3, 0.4) is 0 Å². The van der Waals surface area contributed by atoms with E-state index in [1.54, 1.807) is 0 Å². The molecule has 0 unspecified atom stereocenters. The lowest BCUT2D eigenvalue weighted by molar-refractivity contribution is 0.352. The van der Waals surface area contributed by atoms with Crippen LogP contribution in [0.1, 0.15) is 44.0 Å². The van der Waals surface area contributed by atoms with Gasteiger partial charge < -0.3 is 4.57 Å². The molecule has 19 heavy (non-hydrogen) atoms. The molecule has 0 saturated heterocycles. The fraction of sp³-hybridized carbons (Fsp3) is 0.571. The first-order valence-electron chi connectivity index (χ1n) is 6.88. The van der Waals surface area contributed by atoms with Gasteiger partial charge >= 0.3 is 0 Å². The van der Waals surface area contributed by atoms with Crippen LogP contribution in [0, 0.1) is 0 Å². The minimum Gasteiger partial charge on any atom is -0.310 e. The van der Waals surface area contributed by atoms with Crippen LogP contribution in [-0.4, -0.2) is 20.4 Å². The monoisotopic (exact) mass is 341 g/mol. The third kappa shape index (κ3) is 2.65. The number of nitrogens with zero attached hydrogens (tertiary/aromatic N) is 3. The zero-order valence-corrected chi connectivity index (χ0v) is 13.1. The average Bonchev–Trinajstić information content (AvgIpc) is 2.77. The Balaban J connectivity index is 2.09. The SMILES string of the molecule is ClCCc1nc2cc(Br)cnc2n1C1CCCCC1. The highest BCUT2D eigenvalue weighted by molar-refractivity contribution is 9.10. The van der Waals surface area contributed by atoms with E-state index in [1.807, 2.05) is 12.3 Å². The quantitative estimate of drug-likeness (QED) is 0.770. The standard InChI is InChI=1S/C14H17BrClN3/c15-10-8-12-14(17-9-10)19(13(18-12)6-7-16)11-4-2-1-3-5-11/h8-9,11H,1-7H2. The van der Waals surface area contributed by atoms with Crippen molar-refractivity contribution in [3.63, 3.8) is 0 Å². The molecule has 1 aliphatic carbocycles. The van der Waals surface area contributed by atoms with Gasteiger partial charge in [-0.25, -0.2) is 9.97 Å². The Morgan fingerprint density at radius 3 is 2.84 bits per heavy atom. The summed E-state index contributed by atoms with van der Waals surface area (Å²) in [7, 11) is 0. The molecule has 1 saturated carbocycles. The molecule has 1 fully saturated rings. The Kier molecular flexibility index (Phi) is 4.08. The Morgan fingerprint density at radius 1 is 1.32 bits per heavy atom. The van der Waals surface area contributed by atoms with E-state index in [2.05, 4.69) is 25.5 Å². The van der Waals surface area contributed by atoms with E-state index in [9.17, 15) is 0 Å². The second kappa shape index (κ2) is 5.80. The topological polar surface area (TPSA) is 30.7 Å². The first-order chi connectivity index (χ1) is 9.29. The van der Waals surface area contributed by atoms with Gasteiger partial charge in [0.05, 0.1) is 0 Å². The summed E-state index contributed by atoms with van der Waals surface area (Å²) in [5, 5.41) is 0. The van der Waals surface area contributed by atoms with Gasteiger partial charge in [0.15, 0.2) is 5.65 Å². The first kappa shape index (κ1) is 13.4. The Bertz CT molecular complexity index is 575. The van der Waals surface area contributed by atoms with E-state index < -0.39 is 0 Å². The largest absolute Gasteiger partial charge is 0.310 e. The summed E-state index contributed by atoms with van der Waals surface area (Å²) in [6.07, 6.45) is 9.10. The van der Waals surface area contributed by atoms with Crippen molar-refractivity contribution in [3.05, 3.63) is 22.6 Å². The maximum atomic E-state index is 5.92. The van der Waals surface area contributed by atoms with Gasteiger partial charge in [0.1, 0.15) is 11.3 Å². The number of imidazole rings is 1. The average molecular weight is 343 g/mol. The van der Waals surface area contributed by atoms with Crippen LogP contribution in [0.2, 0.25) is 0 Å². The molecule has 3 nitrogen and oxygen atoms in total. The third-order valence-corrected chi connectivity index (χ3v) is 4.45. The van der Waals surface area contributed by atoms with Crippen LogP contribution in [0.15, 0.2) is 16.7 Å². The molecule has 2 aromatic rings. The van der Waals surface area contributed by atoms with E-state index in [-0.39, 0.29) is 0 Å². The predicted molar refractivity (Wildman–Crippen MR) is 81.8 cm³/mol. The first-order valence-corrected chi connectivity index (χ1v) is 8.20. The number of aryl methyl sites for hydroxylation is 1. The molecule has 102 valence electrons. The minimum absolute atomic E-state index is 0.547. The summed E-state index contributed by atoms with van der Waals surface area (Å²) in [5.74, 6) is 1.69. The number of aromatic nitrogens is 3. The summed E-state index contributed by atoms with van der Waals surface area (Å²) in [5.41, 5.74) is 1.98. The lowest BCUT2D eigenvalue weighted by atomic mass is 9.95. The molecule has 0 aliphatic heterocycles. The van der Waals surface area contributed by atoms with Crippen molar-refractivity contribution in [2.24, 2.45) is 0 Å². The van der Waals surface area contributed by atoms with Crippen molar-refractivity contribution in [3.8, 4) is 0 Å². The van der Waals surface area contributed by atoms with E-state index in [0.717, 1.165) is 27.9 Å². The lowest BCUT2D eigenvalue weighted by Crippen LogP contribution is -2.16. The van der Waals surface area contributed by atoms with Gasteiger partial charge in [0.2, 0.25) is 0 Å². The number of halogens is 2. The van der Waals surface area contributed by atoms with Crippen LogP contribution in [0.4, 0.5) is 0 Å². The van der Waals surface area contributed by atoms with Gasteiger partial charge in [-0.2, -0.15) is 0 Å². The molecule has 0 bridgehead atoms. The maximum absolute atomic E-state index is 5.92. The minimum atomic E-state index is 0.547. The van der Waals surface area contributed by atoms with Crippen molar-refractivity contribution in [2.75, 3.05) is 5.88 Å².